The van der Waals surface area contributed by atoms with Crippen molar-refractivity contribution in [3.05, 3.63) is 0 Å². The van der Waals surface area contributed by atoms with Crippen LogP contribution in [0.4, 0.5) is 0 Å². The van der Waals surface area contributed by atoms with Gasteiger partial charge in [0.15, 0.2) is 0 Å². The van der Waals surface area contributed by atoms with E-state index in [9.17, 15) is 0 Å². The van der Waals surface area contributed by atoms with Gasteiger partial charge in [-0.3, -0.25) is 0 Å². The molecule has 0 rings (SSSR count). The van der Waals surface area contributed by atoms with Gasteiger partial charge in [0.2, 0.25) is 0 Å². The van der Waals surface area contributed by atoms with E-state index >= 15 is 0 Å². The van der Waals surface area contributed by atoms with Crippen molar-refractivity contribution in [3.8, 4) is 0 Å². The van der Waals surface area contributed by atoms with Gasteiger partial charge in [0, 0.05) is 0 Å². The molecule has 0 unspecified atom stereocenters. The summed E-state index contributed by atoms with van der Waals surface area (Å²) in [5.41, 5.74) is 0. The Morgan fingerprint density at radius 2 is 0.857 bits per heavy atom. The summed E-state index contributed by atoms with van der Waals surface area (Å²) in [6.45, 7) is 14.4. The third-order valence-corrected chi connectivity index (χ3v) is 14.0. The molecule has 0 aromatic carbocycles. The SMILES string of the molecule is CC(C)[CH2][Ge]([CH3])([CH2]C(C)C)[CH2]C(C)C. The van der Waals surface area contributed by atoms with Gasteiger partial charge in [-0.05, 0) is 0 Å². The van der Waals surface area contributed by atoms with E-state index in [2.05, 4.69) is 47.3 Å². The van der Waals surface area contributed by atoms with Crippen LogP contribution in [0.3, 0.4) is 0 Å². The van der Waals surface area contributed by atoms with Crippen molar-refractivity contribution < 1.29 is 0 Å². The standard InChI is InChI=1S/C13H30Ge/c1-11(2)8-14(7,9-12(3)4)10-13(5)6/h11-13H,8-10H2,1-7H3. The monoisotopic (exact) mass is 260 g/mol. The topological polar surface area (TPSA) is 0 Å². The fraction of sp³-hybridized carbons (Fsp3) is 1.00. The molecule has 0 aromatic heterocycles. The van der Waals surface area contributed by atoms with Gasteiger partial charge >= 0.3 is 94.1 Å². The fourth-order valence-electron chi connectivity index (χ4n) is 3.21. The second-order valence-electron chi connectivity index (χ2n) is 6.60. The zero-order chi connectivity index (χ0) is 11.4. The Balaban J connectivity index is 4.32. The summed E-state index contributed by atoms with van der Waals surface area (Å²) in [6.07, 6.45) is 0. The Hall–Kier alpha value is 0.543. The molecule has 0 N–H and O–H groups in total. The van der Waals surface area contributed by atoms with Gasteiger partial charge in [0.1, 0.15) is 0 Å². The quantitative estimate of drug-likeness (QED) is 0.586. The maximum atomic E-state index is 2.67. The van der Waals surface area contributed by atoms with E-state index in [0.29, 0.717) is 0 Å². The molecule has 0 heterocycles. The van der Waals surface area contributed by atoms with Crippen molar-refractivity contribution in [1.29, 1.82) is 0 Å². The maximum absolute atomic E-state index is 2.67. The van der Waals surface area contributed by atoms with Crippen LogP contribution >= 0.6 is 0 Å². The molecular weight excluding hydrogens is 229 g/mol. The third kappa shape index (κ3) is 6.92. The first-order chi connectivity index (χ1) is 6.25. The molecule has 0 spiro atoms. The van der Waals surface area contributed by atoms with E-state index < -0.39 is 13.3 Å². The summed E-state index contributed by atoms with van der Waals surface area (Å²) in [5, 5.41) is 4.70. The Bertz CT molecular complexity index is 121. The number of hydrogen-bond donors (Lipinski definition) is 0. The average Bonchev–Trinajstić information content (AvgIpc) is 1.76. The molecule has 0 amide bonds. The second-order valence-corrected chi connectivity index (χ2v) is 16.8. The molecular formula is C13H30Ge. The molecule has 14 heavy (non-hydrogen) atoms. The van der Waals surface area contributed by atoms with E-state index in [1.807, 2.05) is 0 Å². The second kappa shape index (κ2) is 6.20. The van der Waals surface area contributed by atoms with Gasteiger partial charge in [-0.2, -0.15) is 0 Å². The summed E-state index contributed by atoms with van der Waals surface area (Å²) >= 11 is -1.47. The summed E-state index contributed by atoms with van der Waals surface area (Å²) < 4.78 is 0. The van der Waals surface area contributed by atoms with Gasteiger partial charge in [0.25, 0.3) is 0 Å². The zero-order valence-corrected chi connectivity index (χ0v) is 13.5. The number of rotatable bonds is 6. The zero-order valence-electron chi connectivity index (χ0n) is 11.4. The van der Waals surface area contributed by atoms with Gasteiger partial charge < -0.3 is 0 Å². The molecule has 0 bridgehead atoms. The van der Waals surface area contributed by atoms with E-state index in [1.54, 1.807) is 15.8 Å². The molecule has 0 aliphatic carbocycles. The van der Waals surface area contributed by atoms with Crippen molar-refractivity contribution >= 4 is 13.3 Å². The molecule has 1 heteroatoms. The fourth-order valence-corrected chi connectivity index (χ4v) is 16.7. The van der Waals surface area contributed by atoms with Gasteiger partial charge in [-0.1, -0.05) is 0 Å². The summed E-state index contributed by atoms with van der Waals surface area (Å²) in [4.78, 5) is 0. The minimum absolute atomic E-state index is 0.914. The van der Waals surface area contributed by atoms with Crippen molar-refractivity contribution in [1.82, 2.24) is 0 Å². The first kappa shape index (κ1) is 14.5. The molecule has 0 atom stereocenters. The molecule has 0 fully saturated rings. The first-order valence-electron chi connectivity index (χ1n) is 6.25. The van der Waals surface area contributed by atoms with Crippen LogP contribution in [0, 0.1) is 17.8 Å². The molecule has 0 aromatic rings. The molecule has 0 saturated heterocycles. The van der Waals surface area contributed by atoms with Crippen molar-refractivity contribution in [2.45, 2.75) is 63.1 Å². The van der Waals surface area contributed by atoms with Crippen LogP contribution in [0.15, 0.2) is 0 Å². The normalized spacial score (nSPS) is 13.3. The summed E-state index contributed by atoms with van der Waals surface area (Å²) in [6, 6.07) is 0. The Morgan fingerprint density at radius 3 is 1.00 bits per heavy atom. The van der Waals surface area contributed by atoms with Gasteiger partial charge in [-0.15, -0.1) is 0 Å². The molecule has 0 saturated carbocycles. The van der Waals surface area contributed by atoms with Gasteiger partial charge in [-0.25, -0.2) is 0 Å². The van der Waals surface area contributed by atoms with Crippen LogP contribution in [-0.2, 0) is 0 Å². The van der Waals surface area contributed by atoms with Crippen LogP contribution in [0.1, 0.15) is 41.5 Å². The first-order valence-corrected chi connectivity index (χ1v) is 12.8. The Morgan fingerprint density at radius 1 is 0.643 bits per heavy atom. The van der Waals surface area contributed by atoms with E-state index in [1.165, 1.54) is 0 Å². The number of hydrogen-bond acceptors (Lipinski definition) is 0. The predicted molar refractivity (Wildman–Crippen MR) is 70.6 cm³/mol. The average molecular weight is 259 g/mol. The van der Waals surface area contributed by atoms with E-state index in [4.69, 9.17) is 0 Å². The minimum atomic E-state index is -1.47. The van der Waals surface area contributed by atoms with Crippen molar-refractivity contribution in [2.75, 3.05) is 0 Å². The van der Waals surface area contributed by atoms with E-state index in [0.717, 1.165) is 17.8 Å². The Labute approximate surface area is 94.2 Å². The van der Waals surface area contributed by atoms with E-state index in [-0.39, 0.29) is 0 Å². The van der Waals surface area contributed by atoms with Gasteiger partial charge in [0.05, 0.1) is 0 Å². The van der Waals surface area contributed by atoms with Crippen LogP contribution < -0.4 is 0 Å². The predicted octanol–water partition coefficient (Wildman–Crippen LogP) is 5.03. The van der Waals surface area contributed by atoms with Crippen LogP contribution in [-0.4, -0.2) is 13.3 Å². The third-order valence-electron chi connectivity index (χ3n) is 2.70. The molecule has 86 valence electrons. The van der Waals surface area contributed by atoms with Crippen molar-refractivity contribution in [2.24, 2.45) is 17.8 Å². The summed E-state index contributed by atoms with van der Waals surface area (Å²) in [5.74, 6) is 5.41. The summed E-state index contributed by atoms with van der Waals surface area (Å²) in [7, 11) is 0. The van der Waals surface area contributed by atoms with Crippen LogP contribution in [0.5, 0.6) is 0 Å². The Kier molecular flexibility index (Phi) is 6.44. The van der Waals surface area contributed by atoms with Crippen LogP contribution in [0.25, 0.3) is 0 Å². The molecule has 0 aliphatic heterocycles. The molecule has 0 aliphatic rings. The van der Waals surface area contributed by atoms with Crippen LogP contribution in [0.2, 0.25) is 21.5 Å². The van der Waals surface area contributed by atoms with Crippen molar-refractivity contribution in [3.63, 3.8) is 0 Å². The molecule has 0 radical (unpaired) electrons. The molecule has 0 nitrogen and oxygen atoms in total.